The second-order valence-corrected chi connectivity index (χ2v) is 6.06. The molecule has 0 aliphatic rings. The molecule has 116 valence electrons. The van der Waals surface area contributed by atoms with E-state index in [4.69, 9.17) is 11.6 Å². The van der Waals surface area contributed by atoms with Crippen LogP contribution in [0, 0.1) is 0 Å². The lowest BCUT2D eigenvalue weighted by molar-refractivity contribution is -0.143. The maximum absolute atomic E-state index is 12.4. The number of hydrogen-bond acceptors (Lipinski definition) is 7. The van der Waals surface area contributed by atoms with Gasteiger partial charge >= 0.3 is 11.9 Å². The normalized spacial score (nSPS) is 11.2. The van der Waals surface area contributed by atoms with Crippen LogP contribution in [0.4, 0.5) is 0 Å². The van der Waals surface area contributed by atoms with Gasteiger partial charge in [-0.05, 0) is 12.1 Å². The smallest absolute Gasteiger partial charge is 0.321 e. The number of sulfonamides is 1. The van der Waals surface area contributed by atoms with Crippen LogP contribution in [0.3, 0.4) is 0 Å². The van der Waals surface area contributed by atoms with E-state index < -0.39 is 35.1 Å². The molecule has 0 fully saturated rings. The van der Waals surface area contributed by atoms with Crippen molar-refractivity contribution in [2.24, 2.45) is 0 Å². The Labute approximate surface area is 126 Å². The van der Waals surface area contributed by atoms with Gasteiger partial charge in [0.05, 0.1) is 19.1 Å². The Morgan fingerprint density at radius 1 is 1.24 bits per heavy atom. The third-order valence-electron chi connectivity index (χ3n) is 2.40. The summed E-state index contributed by atoms with van der Waals surface area (Å²) in [6, 6.07) is 2.31. The van der Waals surface area contributed by atoms with Gasteiger partial charge in [0.15, 0.2) is 0 Å². The summed E-state index contributed by atoms with van der Waals surface area (Å²) in [5.41, 5.74) is 0. The first-order valence-electron chi connectivity index (χ1n) is 5.56. The van der Waals surface area contributed by atoms with Gasteiger partial charge in [-0.1, -0.05) is 11.6 Å². The van der Waals surface area contributed by atoms with Crippen LogP contribution in [0.2, 0.25) is 5.15 Å². The van der Waals surface area contributed by atoms with E-state index in [1.807, 2.05) is 0 Å². The predicted octanol–water partition coefficient (Wildman–Crippen LogP) is 0.0717. The Kier molecular flexibility index (Phi) is 6.06. The van der Waals surface area contributed by atoms with Crippen LogP contribution in [-0.2, 0) is 29.1 Å². The average molecular weight is 337 g/mol. The molecule has 1 aromatic heterocycles. The first-order valence-corrected chi connectivity index (χ1v) is 7.38. The molecule has 0 saturated heterocycles. The van der Waals surface area contributed by atoms with Gasteiger partial charge in [-0.2, -0.15) is 4.31 Å². The molecule has 0 saturated carbocycles. The Hall–Kier alpha value is -1.71. The molecule has 8 nitrogen and oxygen atoms in total. The largest absolute Gasteiger partial charge is 0.468 e. The van der Waals surface area contributed by atoms with Crippen molar-refractivity contribution in [3.8, 4) is 0 Å². The van der Waals surface area contributed by atoms with Crippen LogP contribution >= 0.6 is 11.6 Å². The monoisotopic (exact) mass is 336 g/mol. The van der Waals surface area contributed by atoms with Gasteiger partial charge in [-0.25, -0.2) is 13.4 Å². The summed E-state index contributed by atoms with van der Waals surface area (Å²) >= 11 is 5.64. The van der Waals surface area contributed by atoms with Crippen LogP contribution < -0.4 is 0 Å². The highest BCUT2D eigenvalue weighted by Gasteiger charge is 2.29. The van der Waals surface area contributed by atoms with Gasteiger partial charge in [-0.15, -0.1) is 0 Å². The van der Waals surface area contributed by atoms with E-state index in [1.165, 1.54) is 12.3 Å². The summed E-state index contributed by atoms with van der Waals surface area (Å²) in [6.07, 6.45) is 1.20. The highest BCUT2D eigenvalue weighted by Crippen LogP contribution is 2.18. The highest BCUT2D eigenvalue weighted by atomic mass is 35.5. The van der Waals surface area contributed by atoms with Crippen molar-refractivity contribution in [3.63, 3.8) is 0 Å². The quantitative estimate of drug-likeness (QED) is 0.535. The Morgan fingerprint density at radius 3 is 2.19 bits per heavy atom. The molecule has 0 radical (unpaired) electrons. The summed E-state index contributed by atoms with van der Waals surface area (Å²) < 4.78 is 34.3. The van der Waals surface area contributed by atoms with Gasteiger partial charge in [0, 0.05) is 6.20 Å². The summed E-state index contributed by atoms with van der Waals surface area (Å²) in [4.78, 5) is 26.1. The number of rotatable bonds is 6. The third kappa shape index (κ3) is 4.66. The Morgan fingerprint density at radius 2 is 1.76 bits per heavy atom. The second kappa shape index (κ2) is 7.34. The highest BCUT2D eigenvalue weighted by molar-refractivity contribution is 7.89. The van der Waals surface area contributed by atoms with Crippen molar-refractivity contribution in [1.29, 1.82) is 0 Å². The van der Waals surface area contributed by atoms with Gasteiger partial charge in [0.25, 0.3) is 0 Å². The molecule has 1 aromatic rings. The molecule has 0 bridgehead atoms. The van der Waals surface area contributed by atoms with E-state index in [0.717, 1.165) is 20.3 Å². The molecule has 1 heterocycles. The predicted molar refractivity (Wildman–Crippen MR) is 72.0 cm³/mol. The fraction of sp³-hybridized carbons (Fsp3) is 0.364. The summed E-state index contributed by atoms with van der Waals surface area (Å²) in [5, 5.41) is -0.0350. The number of pyridine rings is 1. The maximum atomic E-state index is 12.4. The molecule has 0 aromatic carbocycles. The number of ether oxygens (including phenoxy) is 2. The van der Waals surface area contributed by atoms with E-state index in [-0.39, 0.29) is 10.0 Å². The van der Waals surface area contributed by atoms with Crippen molar-refractivity contribution in [2.75, 3.05) is 27.3 Å². The lowest BCUT2D eigenvalue weighted by atomic mass is 10.5. The number of halogens is 1. The molecule has 21 heavy (non-hydrogen) atoms. The summed E-state index contributed by atoms with van der Waals surface area (Å²) in [6.45, 7) is -1.26. The van der Waals surface area contributed by atoms with Gasteiger partial charge in [-0.3, -0.25) is 9.59 Å². The van der Waals surface area contributed by atoms with Crippen LogP contribution in [0.15, 0.2) is 23.2 Å². The first-order chi connectivity index (χ1) is 9.81. The van der Waals surface area contributed by atoms with Crippen LogP contribution in [-0.4, -0.2) is 57.0 Å². The van der Waals surface area contributed by atoms with Crippen molar-refractivity contribution >= 4 is 33.6 Å². The zero-order chi connectivity index (χ0) is 16.0. The van der Waals surface area contributed by atoms with E-state index in [1.54, 1.807) is 0 Å². The van der Waals surface area contributed by atoms with Crippen molar-refractivity contribution in [2.45, 2.75) is 4.90 Å². The lowest BCUT2D eigenvalue weighted by Gasteiger charge is -2.19. The molecule has 0 aliphatic carbocycles. The molecular weight excluding hydrogens is 324 g/mol. The first kappa shape index (κ1) is 17.3. The molecular formula is C11H13ClN2O6S. The third-order valence-corrected chi connectivity index (χ3v) is 4.40. The van der Waals surface area contributed by atoms with Gasteiger partial charge in [0.1, 0.15) is 18.2 Å². The van der Waals surface area contributed by atoms with Crippen molar-refractivity contribution in [3.05, 3.63) is 23.5 Å². The minimum absolute atomic E-state index is 0.0350. The number of esters is 2. The fourth-order valence-electron chi connectivity index (χ4n) is 1.34. The number of carbonyl (C=O) groups is 2. The Bertz CT molecular complexity index is 615. The van der Waals surface area contributed by atoms with Crippen molar-refractivity contribution in [1.82, 2.24) is 9.29 Å². The van der Waals surface area contributed by atoms with E-state index in [0.29, 0.717) is 4.31 Å². The fourth-order valence-corrected chi connectivity index (χ4v) is 2.92. The number of hydrogen-bond donors (Lipinski definition) is 0. The molecule has 0 atom stereocenters. The van der Waals surface area contributed by atoms with Crippen LogP contribution in [0.1, 0.15) is 0 Å². The van der Waals surface area contributed by atoms with Crippen LogP contribution in [0.25, 0.3) is 0 Å². The number of carbonyl (C=O) groups excluding carboxylic acids is 2. The minimum Gasteiger partial charge on any atom is -0.468 e. The minimum atomic E-state index is -4.13. The summed E-state index contributed by atoms with van der Waals surface area (Å²) in [7, 11) is -1.92. The zero-order valence-corrected chi connectivity index (χ0v) is 12.8. The Balaban J connectivity index is 3.16. The lowest BCUT2D eigenvalue weighted by Crippen LogP contribution is -2.40. The van der Waals surface area contributed by atoms with E-state index in [9.17, 15) is 18.0 Å². The molecule has 0 spiro atoms. The molecule has 0 N–H and O–H groups in total. The molecule has 0 aliphatic heterocycles. The summed E-state index contributed by atoms with van der Waals surface area (Å²) in [5.74, 6) is -1.63. The van der Waals surface area contributed by atoms with E-state index in [2.05, 4.69) is 14.5 Å². The van der Waals surface area contributed by atoms with Crippen molar-refractivity contribution < 1.29 is 27.5 Å². The zero-order valence-electron chi connectivity index (χ0n) is 11.3. The number of methoxy groups -OCH3 is 2. The molecule has 0 amide bonds. The molecule has 0 unspecified atom stereocenters. The topological polar surface area (TPSA) is 103 Å². The van der Waals surface area contributed by atoms with Crippen LogP contribution in [0.5, 0.6) is 0 Å². The maximum Gasteiger partial charge on any atom is 0.321 e. The standard InChI is InChI=1S/C11H13ClN2O6S/c1-19-10(15)6-14(7-11(16)20-2)21(17,18)8-3-4-13-9(12)5-8/h3-5H,6-7H2,1-2H3. The second-order valence-electron chi connectivity index (χ2n) is 3.74. The van der Waals surface area contributed by atoms with E-state index >= 15 is 0 Å². The van der Waals surface area contributed by atoms with Gasteiger partial charge in [0.2, 0.25) is 10.0 Å². The number of nitrogens with zero attached hydrogens (tertiary/aromatic N) is 2. The average Bonchev–Trinajstić information content (AvgIpc) is 2.46. The molecule has 10 heteroatoms. The van der Waals surface area contributed by atoms with Gasteiger partial charge < -0.3 is 9.47 Å². The molecule has 1 rings (SSSR count). The SMILES string of the molecule is COC(=O)CN(CC(=O)OC)S(=O)(=O)c1ccnc(Cl)c1. The number of aromatic nitrogens is 1.